The number of nitrogens with zero attached hydrogens (tertiary/aromatic N) is 4. The molecule has 4 N–H and O–H groups in total. The van der Waals surface area contributed by atoms with Gasteiger partial charge in [-0.15, -0.1) is 0 Å². The quantitative estimate of drug-likeness (QED) is 0.529. The Morgan fingerprint density at radius 2 is 2.24 bits per heavy atom. The van der Waals surface area contributed by atoms with Crippen LogP contribution < -0.4 is 16.2 Å². The van der Waals surface area contributed by atoms with Gasteiger partial charge in [-0.1, -0.05) is 6.42 Å². The number of carbonyl (C=O) groups excluding carboxylic acids is 1. The number of aliphatic imine (C=N–C) groups is 1. The smallest absolute Gasteiger partial charge is 0.256 e. The zero-order chi connectivity index (χ0) is 20.6. The van der Waals surface area contributed by atoms with Gasteiger partial charge in [0.15, 0.2) is 5.82 Å². The van der Waals surface area contributed by atoms with Crippen molar-refractivity contribution in [1.29, 1.82) is 0 Å². The Kier molecular flexibility index (Phi) is 5.48. The number of allylic oxidation sites excluding steroid dienone is 1. The van der Waals surface area contributed by atoms with E-state index in [9.17, 15) is 9.90 Å². The highest BCUT2D eigenvalue weighted by Crippen LogP contribution is 2.25. The number of hydrogen-bond donors (Lipinski definition) is 4. The largest absolute Gasteiger partial charge is 0.389 e. The van der Waals surface area contributed by atoms with Crippen molar-refractivity contribution in [2.24, 2.45) is 4.99 Å². The average Bonchev–Trinajstić information content (AvgIpc) is 3.25. The lowest BCUT2D eigenvalue weighted by atomic mass is 10.0. The molecule has 9 nitrogen and oxygen atoms in total. The van der Waals surface area contributed by atoms with Gasteiger partial charge in [0, 0.05) is 37.7 Å². The minimum absolute atomic E-state index is 0.123. The van der Waals surface area contributed by atoms with Crippen LogP contribution in [0.15, 0.2) is 40.6 Å². The molecule has 1 amide bonds. The highest BCUT2D eigenvalue weighted by Gasteiger charge is 2.36. The lowest BCUT2D eigenvalue weighted by Crippen LogP contribution is -2.56. The molecular weight excluding hydrogens is 370 g/mol. The molecule has 0 aromatic rings. The van der Waals surface area contributed by atoms with Crippen molar-refractivity contribution >= 4 is 12.1 Å². The van der Waals surface area contributed by atoms with E-state index in [0.717, 1.165) is 25.1 Å². The summed E-state index contributed by atoms with van der Waals surface area (Å²) in [6, 6.07) is 0.419. The number of piperidine rings is 1. The monoisotopic (exact) mass is 401 g/mol. The Bertz CT molecular complexity index is 780. The summed E-state index contributed by atoms with van der Waals surface area (Å²) in [4.78, 5) is 19.8. The topological polar surface area (TPSA) is 95.5 Å². The van der Waals surface area contributed by atoms with E-state index >= 15 is 0 Å². The van der Waals surface area contributed by atoms with E-state index in [1.807, 2.05) is 23.5 Å². The van der Waals surface area contributed by atoms with Crippen molar-refractivity contribution in [2.75, 3.05) is 19.6 Å². The third-order valence-electron chi connectivity index (χ3n) is 5.60. The normalized spacial score (nSPS) is 27.5. The highest BCUT2D eigenvalue weighted by molar-refractivity contribution is 5.96. The van der Waals surface area contributed by atoms with Crippen molar-refractivity contribution in [2.45, 2.75) is 57.8 Å². The highest BCUT2D eigenvalue weighted by atomic mass is 16.3. The first-order valence-corrected chi connectivity index (χ1v) is 10.3. The van der Waals surface area contributed by atoms with Crippen LogP contribution in [-0.2, 0) is 4.79 Å². The summed E-state index contributed by atoms with van der Waals surface area (Å²) in [6.07, 6.45) is 10.6. The molecule has 29 heavy (non-hydrogen) atoms. The molecule has 2 atom stereocenters. The van der Waals surface area contributed by atoms with Crippen LogP contribution in [0.4, 0.5) is 0 Å². The minimum Gasteiger partial charge on any atom is -0.389 e. The molecule has 2 unspecified atom stereocenters. The summed E-state index contributed by atoms with van der Waals surface area (Å²) >= 11 is 0. The number of amides is 1. The standard InChI is InChI=1S/C20H31N7O2/c1-14-7-4-5-9-26(14)18-16(12-25(24-18)13-20(2,3)29)23-19(28)15-11-22-27-10-6-8-21-17(15)27/h6,8,10,12,14,18,22,24,29H,4-5,7,9,11,13H2,1-3H3,(H,23,28). The second-order valence-corrected chi connectivity index (χ2v) is 8.72. The molecule has 0 aliphatic carbocycles. The molecule has 1 fully saturated rings. The maximum atomic E-state index is 13.1. The molecule has 1 saturated heterocycles. The molecule has 0 aromatic heterocycles. The van der Waals surface area contributed by atoms with E-state index in [0.29, 0.717) is 30.5 Å². The van der Waals surface area contributed by atoms with Gasteiger partial charge in [0.2, 0.25) is 0 Å². The molecule has 4 aliphatic rings. The minimum atomic E-state index is -0.857. The Morgan fingerprint density at radius 3 is 3.00 bits per heavy atom. The molecule has 0 aromatic carbocycles. The van der Waals surface area contributed by atoms with Crippen molar-refractivity contribution < 1.29 is 9.90 Å². The van der Waals surface area contributed by atoms with Gasteiger partial charge >= 0.3 is 0 Å². The van der Waals surface area contributed by atoms with Gasteiger partial charge in [0.25, 0.3) is 5.91 Å². The molecule has 158 valence electrons. The van der Waals surface area contributed by atoms with Crippen LogP contribution in [0, 0.1) is 0 Å². The maximum absolute atomic E-state index is 13.1. The number of fused-ring (bicyclic) bond motifs is 1. The van der Waals surface area contributed by atoms with E-state index in [2.05, 4.69) is 33.0 Å². The summed E-state index contributed by atoms with van der Waals surface area (Å²) in [6.45, 7) is 7.60. The van der Waals surface area contributed by atoms with Gasteiger partial charge in [-0.05, 0) is 39.7 Å². The molecule has 0 spiro atoms. The Labute approximate surface area is 171 Å². The van der Waals surface area contributed by atoms with Crippen LogP contribution in [0.3, 0.4) is 0 Å². The number of likely N-dealkylation sites (tertiary alicyclic amines) is 1. The van der Waals surface area contributed by atoms with Crippen LogP contribution in [-0.4, -0.2) is 69.6 Å². The van der Waals surface area contributed by atoms with Crippen LogP contribution in [0.25, 0.3) is 0 Å². The molecule has 4 aliphatic heterocycles. The molecule has 0 radical (unpaired) electrons. The van der Waals surface area contributed by atoms with Gasteiger partial charge in [-0.2, -0.15) is 0 Å². The molecule has 4 heterocycles. The van der Waals surface area contributed by atoms with Gasteiger partial charge in [-0.3, -0.25) is 14.7 Å². The van der Waals surface area contributed by atoms with Gasteiger partial charge in [-0.25, -0.2) is 15.8 Å². The third-order valence-corrected chi connectivity index (χ3v) is 5.60. The lowest BCUT2D eigenvalue weighted by Gasteiger charge is -2.39. The first-order valence-electron chi connectivity index (χ1n) is 10.3. The van der Waals surface area contributed by atoms with Gasteiger partial charge in [0.05, 0.1) is 23.4 Å². The Balaban J connectivity index is 1.54. The first-order chi connectivity index (χ1) is 13.8. The molecule has 4 rings (SSSR count). The third kappa shape index (κ3) is 4.37. The summed E-state index contributed by atoms with van der Waals surface area (Å²) in [5, 5.41) is 17.0. The second-order valence-electron chi connectivity index (χ2n) is 8.72. The molecule has 0 saturated carbocycles. The second kappa shape index (κ2) is 7.91. The number of β-amino-alcohol motifs (C(OH)–C–C–N with tert-alkyl or cyclic N) is 1. The molecule has 0 bridgehead atoms. The number of aliphatic hydroxyl groups is 1. The van der Waals surface area contributed by atoms with Crippen LogP contribution in [0.5, 0.6) is 0 Å². The Morgan fingerprint density at radius 1 is 1.41 bits per heavy atom. The fraction of sp³-hybridized carbons (Fsp3) is 0.600. The first kappa shape index (κ1) is 20.1. The van der Waals surface area contributed by atoms with Crippen molar-refractivity contribution in [3.05, 3.63) is 35.6 Å². The lowest BCUT2D eigenvalue weighted by molar-refractivity contribution is -0.117. The van der Waals surface area contributed by atoms with E-state index < -0.39 is 5.60 Å². The van der Waals surface area contributed by atoms with Crippen molar-refractivity contribution in [3.8, 4) is 0 Å². The van der Waals surface area contributed by atoms with Gasteiger partial charge < -0.3 is 15.4 Å². The maximum Gasteiger partial charge on any atom is 0.256 e. The summed E-state index contributed by atoms with van der Waals surface area (Å²) < 4.78 is 0. The Hall–Kier alpha value is -2.20. The van der Waals surface area contributed by atoms with Crippen molar-refractivity contribution in [1.82, 2.24) is 31.1 Å². The summed E-state index contributed by atoms with van der Waals surface area (Å²) in [5.74, 6) is 0.475. The zero-order valence-corrected chi connectivity index (χ0v) is 17.4. The molecular formula is C20H31N7O2. The van der Waals surface area contributed by atoms with Crippen molar-refractivity contribution in [3.63, 3.8) is 0 Å². The van der Waals surface area contributed by atoms with E-state index in [-0.39, 0.29) is 12.1 Å². The van der Waals surface area contributed by atoms with E-state index in [1.54, 1.807) is 25.1 Å². The van der Waals surface area contributed by atoms with E-state index in [4.69, 9.17) is 0 Å². The number of rotatable bonds is 5. The van der Waals surface area contributed by atoms with Gasteiger partial charge in [0.1, 0.15) is 6.17 Å². The van der Waals surface area contributed by atoms with Crippen LogP contribution >= 0.6 is 0 Å². The number of hydrogen-bond acceptors (Lipinski definition) is 8. The predicted molar refractivity (Wildman–Crippen MR) is 111 cm³/mol. The fourth-order valence-electron chi connectivity index (χ4n) is 4.22. The van der Waals surface area contributed by atoms with Crippen LogP contribution in [0.2, 0.25) is 0 Å². The average molecular weight is 402 g/mol. The molecule has 9 heteroatoms. The summed E-state index contributed by atoms with van der Waals surface area (Å²) in [7, 11) is 0. The number of carbonyl (C=O) groups is 1. The number of nitrogens with one attached hydrogen (secondary N) is 3. The zero-order valence-electron chi connectivity index (χ0n) is 17.4. The SMILES string of the molecule is CC1CCCCN1C1NN(CC(C)(C)O)C=C1NC(=O)C1=C2N=CC=CN2NC1. The predicted octanol–water partition coefficient (Wildman–Crippen LogP) is 0.366. The number of hydrazine groups is 2. The summed E-state index contributed by atoms with van der Waals surface area (Å²) in [5.41, 5.74) is 7.16. The fourth-order valence-corrected chi connectivity index (χ4v) is 4.22. The van der Waals surface area contributed by atoms with Crippen LogP contribution in [0.1, 0.15) is 40.0 Å². The van der Waals surface area contributed by atoms with E-state index in [1.165, 1.54) is 6.42 Å².